The molecular weight excluding hydrogens is 247 g/mol. The van der Waals surface area contributed by atoms with Gasteiger partial charge in [0.2, 0.25) is 0 Å². The number of rotatable bonds is 5. The summed E-state index contributed by atoms with van der Waals surface area (Å²) in [7, 11) is 0. The fourth-order valence-electron chi connectivity index (χ4n) is 2.00. The van der Waals surface area contributed by atoms with Crippen molar-refractivity contribution in [3.8, 4) is 0 Å². The fourth-order valence-corrected chi connectivity index (χ4v) is 2.00. The molecule has 0 fully saturated rings. The van der Waals surface area contributed by atoms with Gasteiger partial charge in [-0.15, -0.1) is 0 Å². The SMILES string of the molecule is CCOC(=O)C(C(C)C)C(O)c1ccc(C)c(F)c1. The van der Waals surface area contributed by atoms with Crippen molar-refractivity contribution in [2.24, 2.45) is 11.8 Å². The molecule has 0 amide bonds. The summed E-state index contributed by atoms with van der Waals surface area (Å²) < 4.78 is 18.5. The third-order valence-electron chi connectivity index (χ3n) is 3.15. The Hall–Kier alpha value is -1.42. The van der Waals surface area contributed by atoms with E-state index < -0.39 is 18.0 Å². The second kappa shape index (κ2) is 6.66. The van der Waals surface area contributed by atoms with Gasteiger partial charge in [0.15, 0.2) is 0 Å². The Morgan fingerprint density at radius 3 is 2.53 bits per heavy atom. The molecule has 4 heteroatoms. The van der Waals surface area contributed by atoms with Crippen LogP contribution in [0.4, 0.5) is 4.39 Å². The maximum atomic E-state index is 13.5. The fraction of sp³-hybridized carbons (Fsp3) is 0.533. The minimum atomic E-state index is -1.06. The van der Waals surface area contributed by atoms with Crippen molar-refractivity contribution in [3.05, 3.63) is 35.1 Å². The number of benzene rings is 1. The molecule has 0 aliphatic heterocycles. The molecule has 0 saturated carbocycles. The lowest BCUT2D eigenvalue weighted by atomic mass is 9.86. The summed E-state index contributed by atoms with van der Waals surface area (Å²) in [5, 5.41) is 10.3. The van der Waals surface area contributed by atoms with Gasteiger partial charge < -0.3 is 9.84 Å². The average Bonchev–Trinajstić information content (AvgIpc) is 2.32. The number of esters is 1. The van der Waals surface area contributed by atoms with E-state index in [0.29, 0.717) is 11.1 Å². The summed E-state index contributed by atoms with van der Waals surface area (Å²) in [6.45, 7) is 7.28. The minimum Gasteiger partial charge on any atom is -0.466 e. The van der Waals surface area contributed by atoms with Crippen molar-refractivity contribution >= 4 is 5.97 Å². The van der Waals surface area contributed by atoms with Crippen molar-refractivity contribution in [1.82, 2.24) is 0 Å². The quantitative estimate of drug-likeness (QED) is 0.835. The molecule has 0 bridgehead atoms. The number of hydrogen-bond acceptors (Lipinski definition) is 3. The molecule has 2 atom stereocenters. The zero-order valence-corrected chi connectivity index (χ0v) is 11.8. The summed E-state index contributed by atoms with van der Waals surface area (Å²) in [6.07, 6.45) is -1.06. The molecule has 19 heavy (non-hydrogen) atoms. The summed E-state index contributed by atoms with van der Waals surface area (Å²) in [5.74, 6) is -1.63. The van der Waals surface area contributed by atoms with E-state index in [9.17, 15) is 14.3 Å². The maximum absolute atomic E-state index is 13.5. The largest absolute Gasteiger partial charge is 0.466 e. The maximum Gasteiger partial charge on any atom is 0.312 e. The number of ether oxygens (including phenoxy) is 1. The van der Waals surface area contributed by atoms with Gasteiger partial charge in [0.25, 0.3) is 0 Å². The molecule has 0 heterocycles. The van der Waals surface area contributed by atoms with Crippen LogP contribution in [0.15, 0.2) is 18.2 Å². The van der Waals surface area contributed by atoms with Gasteiger partial charge in [0.05, 0.1) is 18.6 Å². The Kier molecular flexibility index (Phi) is 5.48. The monoisotopic (exact) mass is 268 g/mol. The van der Waals surface area contributed by atoms with Crippen molar-refractivity contribution < 1.29 is 19.0 Å². The van der Waals surface area contributed by atoms with Gasteiger partial charge in [-0.25, -0.2) is 4.39 Å². The highest BCUT2D eigenvalue weighted by Gasteiger charge is 2.32. The van der Waals surface area contributed by atoms with Crippen molar-refractivity contribution in [2.75, 3.05) is 6.61 Å². The molecular formula is C15H21FO3. The number of aliphatic hydroxyl groups excluding tert-OH is 1. The van der Waals surface area contributed by atoms with Crippen LogP contribution in [0.1, 0.15) is 38.0 Å². The first-order chi connectivity index (χ1) is 8.88. The molecule has 106 valence electrons. The second-order valence-corrected chi connectivity index (χ2v) is 4.98. The van der Waals surface area contributed by atoms with Gasteiger partial charge in [-0.05, 0) is 37.0 Å². The summed E-state index contributed by atoms with van der Waals surface area (Å²) in [5.41, 5.74) is 0.906. The first-order valence-corrected chi connectivity index (χ1v) is 6.49. The molecule has 1 aromatic rings. The number of carbonyl (C=O) groups is 1. The molecule has 0 aliphatic rings. The van der Waals surface area contributed by atoms with E-state index in [-0.39, 0.29) is 18.3 Å². The molecule has 3 nitrogen and oxygen atoms in total. The average molecular weight is 268 g/mol. The van der Waals surface area contributed by atoms with Crippen LogP contribution in [0.25, 0.3) is 0 Å². The molecule has 0 aromatic heterocycles. The van der Waals surface area contributed by atoms with E-state index in [4.69, 9.17) is 4.74 Å². The molecule has 0 spiro atoms. The summed E-state index contributed by atoms with van der Waals surface area (Å²) >= 11 is 0. The third kappa shape index (κ3) is 3.77. The lowest BCUT2D eigenvalue weighted by Crippen LogP contribution is -2.29. The van der Waals surface area contributed by atoms with Crippen LogP contribution in [0, 0.1) is 24.6 Å². The van der Waals surface area contributed by atoms with E-state index in [1.54, 1.807) is 26.0 Å². The molecule has 0 aliphatic carbocycles. The van der Waals surface area contributed by atoms with E-state index in [1.807, 2.05) is 13.8 Å². The van der Waals surface area contributed by atoms with Gasteiger partial charge in [-0.3, -0.25) is 4.79 Å². The standard InChI is InChI=1S/C15H21FO3/c1-5-19-15(18)13(9(2)3)14(17)11-7-6-10(4)12(16)8-11/h6-9,13-14,17H,5H2,1-4H3. The second-order valence-electron chi connectivity index (χ2n) is 4.98. The summed E-state index contributed by atoms with van der Waals surface area (Å²) in [4.78, 5) is 11.9. The highest BCUT2D eigenvalue weighted by atomic mass is 19.1. The number of halogens is 1. The first kappa shape index (κ1) is 15.6. The lowest BCUT2D eigenvalue weighted by molar-refractivity contribution is -0.154. The van der Waals surface area contributed by atoms with Crippen LogP contribution in [0.3, 0.4) is 0 Å². The smallest absolute Gasteiger partial charge is 0.312 e. The van der Waals surface area contributed by atoms with Crippen LogP contribution >= 0.6 is 0 Å². The van der Waals surface area contributed by atoms with Crippen molar-refractivity contribution in [2.45, 2.75) is 33.8 Å². The minimum absolute atomic E-state index is 0.0987. The third-order valence-corrected chi connectivity index (χ3v) is 3.15. The normalized spacial score (nSPS) is 14.3. The number of aryl methyl sites for hydroxylation is 1. The molecule has 0 radical (unpaired) electrons. The number of hydrogen-bond donors (Lipinski definition) is 1. The topological polar surface area (TPSA) is 46.5 Å². The Bertz CT molecular complexity index is 443. The van der Waals surface area contributed by atoms with E-state index in [0.717, 1.165) is 0 Å². The van der Waals surface area contributed by atoms with Crippen LogP contribution in [-0.4, -0.2) is 17.7 Å². The van der Waals surface area contributed by atoms with E-state index in [2.05, 4.69) is 0 Å². The van der Waals surface area contributed by atoms with Gasteiger partial charge >= 0.3 is 5.97 Å². The zero-order chi connectivity index (χ0) is 14.6. The predicted molar refractivity (Wildman–Crippen MR) is 71.1 cm³/mol. The van der Waals surface area contributed by atoms with E-state index in [1.165, 1.54) is 6.07 Å². The molecule has 1 N–H and O–H groups in total. The van der Waals surface area contributed by atoms with Crippen molar-refractivity contribution in [1.29, 1.82) is 0 Å². The van der Waals surface area contributed by atoms with Crippen LogP contribution in [0.2, 0.25) is 0 Å². The molecule has 1 aromatic carbocycles. The highest BCUT2D eigenvalue weighted by molar-refractivity contribution is 5.73. The first-order valence-electron chi connectivity index (χ1n) is 6.49. The predicted octanol–water partition coefficient (Wildman–Crippen LogP) is 3.00. The number of carbonyl (C=O) groups excluding carboxylic acids is 1. The van der Waals surface area contributed by atoms with Gasteiger partial charge in [-0.1, -0.05) is 26.0 Å². The zero-order valence-electron chi connectivity index (χ0n) is 11.8. The van der Waals surface area contributed by atoms with E-state index >= 15 is 0 Å². The molecule has 0 saturated heterocycles. The Labute approximate surface area is 113 Å². The van der Waals surface area contributed by atoms with Gasteiger partial charge in [-0.2, -0.15) is 0 Å². The lowest BCUT2D eigenvalue weighted by Gasteiger charge is -2.25. The molecule has 1 rings (SSSR count). The Balaban J connectivity index is 3.01. The Morgan fingerprint density at radius 2 is 2.05 bits per heavy atom. The van der Waals surface area contributed by atoms with Crippen LogP contribution in [0.5, 0.6) is 0 Å². The van der Waals surface area contributed by atoms with Crippen LogP contribution < -0.4 is 0 Å². The summed E-state index contributed by atoms with van der Waals surface area (Å²) in [6, 6.07) is 4.50. The van der Waals surface area contributed by atoms with Gasteiger partial charge in [0, 0.05) is 0 Å². The van der Waals surface area contributed by atoms with Crippen LogP contribution in [-0.2, 0) is 9.53 Å². The Morgan fingerprint density at radius 1 is 1.42 bits per heavy atom. The molecule has 2 unspecified atom stereocenters. The van der Waals surface area contributed by atoms with Crippen molar-refractivity contribution in [3.63, 3.8) is 0 Å². The highest BCUT2D eigenvalue weighted by Crippen LogP contribution is 2.30. The van der Waals surface area contributed by atoms with Gasteiger partial charge in [0.1, 0.15) is 5.82 Å². The number of aliphatic hydroxyl groups is 1.